The number of hydrogen-bond donors (Lipinski definition) is 1. The number of benzene rings is 2. The molecule has 26 heavy (non-hydrogen) atoms. The van der Waals surface area contributed by atoms with E-state index < -0.39 is 23.5 Å². The minimum absolute atomic E-state index is 0.103. The van der Waals surface area contributed by atoms with Gasteiger partial charge in [0.1, 0.15) is 11.6 Å². The molecule has 0 aromatic heterocycles. The summed E-state index contributed by atoms with van der Waals surface area (Å²) < 4.78 is 19.5. The van der Waals surface area contributed by atoms with E-state index in [0.717, 1.165) is 0 Å². The number of ether oxygens (including phenoxy) is 1. The Balaban J connectivity index is 2.19. The fourth-order valence-electron chi connectivity index (χ4n) is 3.07. The number of carbonyl (C=O) groups excluding carboxylic acids is 2. The standard InChI is InChI=1S/C20H18FNO4/c1-26-12-11-22-17(14-9-5-6-10-15(14)21)16(19(24)20(22)25)18(23)13-7-3-2-4-8-13/h2-10,17,23H,11-12H2,1H3/b18-16-. The van der Waals surface area contributed by atoms with E-state index in [1.807, 2.05) is 0 Å². The highest BCUT2D eigenvalue weighted by atomic mass is 19.1. The van der Waals surface area contributed by atoms with Crippen LogP contribution in [0.15, 0.2) is 60.2 Å². The minimum atomic E-state index is -1.01. The van der Waals surface area contributed by atoms with Crippen molar-refractivity contribution < 1.29 is 23.8 Å². The van der Waals surface area contributed by atoms with Crippen molar-refractivity contribution in [3.8, 4) is 0 Å². The monoisotopic (exact) mass is 355 g/mol. The van der Waals surface area contributed by atoms with Gasteiger partial charge in [0.05, 0.1) is 18.2 Å². The second kappa shape index (κ2) is 7.49. The fourth-order valence-corrected chi connectivity index (χ4v) is 3.07. The van der Waals surface area contributed by atoms with Gasteiger partial charge >= 0.3 is 0 Å². The van der Waals surface area contributed by atoms with Crippen LogP contribution in [0.25, 0.3) is 5.76 Å². The van der Waals surface area contributed by atoms with Gasteiger partial charge in [-0.15, -0.1) is 0 Å². The molecule has 6 heteroatoms. The van der Waals surface area contributed by atoms with Crippen molar-refractivity contribution in [3.63, 3.8) is 0 Å². The number of rotatable bonds is 5. The summed E-state index contributed by atoms with van der Waals surface area (Å²) in [6.07, 6.45) is 0. The van der Waals surface area contributed by atoms with E-state index in [1.54, 1.807) is 36.4 Å². The zero-order valence-electron chi connectivity index (χ0n) is 14.2. The molecule has 1 unspecified atom stereocenters. The van der Waals surface area contributed by atoms with Crippen molar-refractivity contribution in [1.29, 1.82) is 0 Å². The number of amides is 1. The van der Waals surface area contributed by atoms with Crippen molar-refractivity contribution in [3.05, 3.63) is 77.1 Å². The first-order chi connectivity index (χ1) is 12.6. The molecule has 1 aliphatic rings. The first kappa shape index (κ1) is 17.8. The third-order valence-corrected chi connectivity index (χ3v) is 4.32. The fraction of sp³-hybridized carbons (Fsp3) is 0.200. The maximum Gasteiger partial charge on any atom is 0.295 e. The van der Waals surface area contributed by atoms with Gasteiger partial charge in [0.15, 0.2) is 0 Å². The second-order valence-corrected chi connectivity index (χ2v) is 5.87. The summed E-state index contributed by atoms with van der Waals surface area (Å²) in [5.74, 6) is -2.50. The van der Waals surface area contributed by atoms with E-state index in [0.29, 0.717) is 5.56 Å². The smallest absolute Gasteiger partial charge is 0.295 e. The van der Waals surface area contributed by atoms with Crippen LogP contribution in [0.2, 0.25) is 0 Å². The van der Waals surface area contributed by atoms with Crippen LogP contribution in [0.4, 0.5) is 4.39 Å². The van der Waals surface area contributed by atoms with E-state index in [4.69, 9.17) is 4.74 Å². The largest absolute Gasteiger partial charge is 0.507 e. The molecule has 1 aliphatic heterocycles. The first-order valence-corrected chi connectivity index (χ1v) is 8.13. The number of hydrogen-bond acceptors (Lipinski definition) is 4. The van der Waals surface area contributed by atoms with Gasteiger partial charge in [-0.3, -0.25) is 9.59 Å². The molecule has 1 saturated heterocycles. The van der Waals surface area contributed by atoms with Gasteiger partial charge < -0.3 is 14.7 Å². The number of carbonyl (C=O) groups is 2. The average molecular weight is 355 g/mol. The third kappa shape index (κ3) is 3.11. The van der Waals surface area contributed by atoms with E-state index in [-0.39, 0.29) is 30.0 Å². The predicted octanol–water partition coefficient (Wildman–Crippen LogP) is 2.89. The lowest BCUT2D eigenvalue weighted by molar-refractivity contribution is -0.140. The molecule has 1 fully saturated rings. The van der Waals surface area contributed by atoms with Crippen LogP contribution in [-0.4, -0.2) is 42.0 Å². The molecule has 1 amide bonds. The van der Waals surface area contributed by atoms with Crippen LogP contribution < -0.4 is 0 Å². The van der Waals surface area contributed by atoms with Gasteiger partial charge in [-0.25, -0.2) is 4.39 Å². The van der Waals surface area contributed by atoms with Crippen LogP contribution >= 0.6 is 0 Å². The molecule has 0 radical (unpaired) electrons. The SMILES string of the molecule is COCCN1C(=O)C(=O)/C(=C(\O)c2ccccc2)C1c1ccccc1F. The Labute approximate surface area is 150 Å². The summed E-state index contributed by atoms with van der Waals surface area (Å²) in [7, 11) is 1.47. The lowest BCUT2D eigenvalue weighted by atomic mass is 9.95. The number of aliphatic hydroxyl groups is 1. The highest BCUT2D eigenvalue weighted by Gasteiger charge is 2.46. The lowest BCUT2D eigenvalue weighted by Gasteiger charge is -2.25. The number of Topliss-reactive ketones (excluding diaryl/α,β-unsaturated/α-hetero) is 1. The average Bonchev–Trinajstić information content (AvgIpc) is 2.91. The Morgan fingerprint density at radius 3 is 2.42 bits per heavy atom. The van der Waals surface area contributed by atoms with Crippen molar-refractivity contribution in [2.24, 2.45) is 0 Å². The van der Waals surface area contributed by atoms with Crippen molar-refractivity contribution in [1.82, 2.24) is 4.90 Å². The molecule has 0 saturated carbocycles. The van der Waals surface area contributed by atoms with Crippen LogP contribution in [0.5, 0.6) is 0 Å². The molecule has 0 bridgehead atoms. The van der Waals surface area contributed by atoms with Crippen molar-refractivity contribution in [2.75, 3.05) is 20.3 Å². The molecule has 1 N–H and O–H groups in total. The Hall–Kier alpha value is -2.99. The normalized spacial score (nSPS) is 19.2. The van der Waals surface area contributed by atoms with E-state index in [1.165, 1.54) is 30.2 Å². The van der Waals surface area contributed by atoms with Gasteiger partial charge in [-0.05, 0) is 6.07 Å². The predicted molar refractivity (Wildman–Crippen MR) is 93.7 cm³/mol. The number of halogens is 1. The Kier molecular flexibility index (Phi) is 5.14. The number of ketones is 1. The maximum absolute atomic E-state index is 14.4. The van der Waals surface area contributed by atoms with Gasteiger partial charge in [-0.1, -0.05) is 48.5 Å². The molecular weight excluding hydrogens is 337 g/mol. The number of nitrogens with zero attached hydrogens (tertiary/aromatic N) is 1. The van der Waals surface area contributed by atoms with Crippen LogP contribution in [0.3, 0.4) is 0 Å². The summed E-state index contributed by atoms with van der Waals surface area (Å²) in [6, 6.07) is 13.3. The highest BCUT2D eigenvalue weighted by Crippen LogP contribution is 2.39. The summed E-state index contributed by atoms with van der Waals surface area (Å²) in [4.78, 5) is 26.4. The van der Waals surface area contributed by atoms with E-state index >= 15 is 0 Å². The molecule has 0 spiro atoms. The molecule has 5 nitrogen and oxygen atoms in total. The summed E-state index contributed by atoms with van der Waals surface area (Å²) in [5, 5.41) is 10.7. The van der Waals surface area contributed by atoms with Crippen molar-refractivity contribution in [2.45, 2.75) is 6.04 Å². The molecule has 2 aromatic carbocycles. The molecule has 1 heterocycles. The number of likely N-dealkylation sites (tertiary alicyclic amines) is 1. The zero-order chi connectivity index (χ0) is 18.7. The first-order valence-electron chi connectivity index (χ1n) is 8.13. The summed E-state index contributed by atoms with van der Waals surface area (Å²) >= 11 is 0. The van der Waals surface area contributed by atoms with Gasteiger partial charge in [-0.2, -0.15) is 0 Å². The molecule has 3 rings (SSSR count). The Morgan fingerprint density at radius 2 is 1.77 bits per heavy atom. The second-order valence-electron chi connectivity index (χ2n) is 5.87. The molecular formula is C20H18FNO4. The number of aliphatic hydroxyl groups excluding tert-OH is 1. The lowest BCUT2D eigenvalue weighted by Crippen LogP contribution is -2.33. The molecule has 134 valence electrons. The minimum Gasteiger partial charge on any atom is -0.507 e. The van der Waals surface area contributed by atoms with E-state index in [9.17, 15) is 19.1 Å². The van der Waals surface area contributed by atoms with Crippen LogP contribution in [-0.2, 0) is 14.3 Å². The summed E-state index contributed by atoms with van der Waals surface area (Å²) in [5.41, 5.74) is 0.418. The Morgan fingerprint density at radius 1 is 1.12 bits per heavy atom. The van der Waals surface area contributed by atoms with Gasteiger partial charge in [0, 0.05) is 24.8 Å². The van der Waals surface area contributed by atoms with Gasteiger partial charge in [0.2, 0.25) is 0 Å². The molecule has 2 aromatic rings. The highest BCUT2D eigenvalue weighted by molar-refractivity contribution is 6.46. The molecule has 0 aliphatic carbocycles. The third-order valence-electron chi connectivity index (χ3n) is 4.32. The van der Waals surface area contributed by atoms with Crippen molar-refractivity contribution >= 4 is 17.4 Å². The maximum atomic E-state index is 14.4. The number of methoxy groups -OCH3 is 1. The summed E-state index contributed by atoms with van der Waals surface area (Å²) in [6.45, 7) is 0.287. The quantitative estimate of drug-likeness (QED) is 0.509. The molecule has 1 atom stereocenters. The van der Waals surface area contributed by atoms with Crippen LogP contribution in [0.1, 0.15) is 17.2 Å². The zero-order valence-corrected chi connectivity index (χ0v) is 14.2. The van der Waals surface area contributed by atoms with E-state index in [2.05, 4.69) is 0 Å². The van der Waals surface area contributed by atoms with Gasteiger partial charge in [0.25, 0.3) is 11.7 Å². The Bertz CT molecular complexity index is 863. The topological polar surface area (TPSA) is 66.8 Å². The van der Waals surface area contributed by atoms with Crippen LogP contribution in [0, 0.1) is 5.82 Å².